The SMILES string of the molecule is CC(NC(=O)CCC(=O)N1CCN(S(=O)(=O)c2ccccc2)CC1)c1cccc2ccccc12. The third-order valence-electron chi connectivity index (χ3n) is 6.21. The molecule has 1 aliphatic rings. The van der Waals surface area contributed by atoms with Crippen LogP contribution < -0.4 is 5.32 Å². The van der Waals surface area contributed by atoms with E-state index in [0.717, 1.165) is 16.3 Å². The standard InChI is InChI=1S/C26H29N3O4S/c1-20(23-13-7-9-21-8-5-6-12-24(21)23)27-25(30)14-15-26(31)28-16-18-29(19-17-28)34(32,33)22-10-3-2-4-11-22/h2-13,20H,14-19H2,1H3,(H,27,30). The minimum absolute atomic E-state index is 0.0937. The lowest BCUT2D eigenvalue weighted by Gasteiger charge is -2.34. The fraction of sp³-hybridized carbons (Fsp3) is 0.308. The first-order chi connectivity index (χ1) is 16.4. The molecule has 34 heavy (non-hydrogen) atoms. The van der Waals surface area contributed by atoms with Gasteiger partial charge in [0.2, 0.25) is 21.8 Å². The van der Waals surface area contributed by atoms with Crippen LogP contribution in [0.2, 0.25) is 0 Å². The zero-order valence-electron chi connectivity index (χ0n) is 19.2. The van der Waals surface area contributed by atoms with Gasteiger partial charge in [0.25, 0.3) is 0 Å². The van der Waals surface area contributed by atoms with Crippen LogP contribution in [0.3, 0.4) is 0 Å². The Morgan fingerprint density at radius 1 is 0.853 bits per heavy atom. The number of fused-ring (bicyclic) bond motifs is 1. The Morgan fingerprint density at radius 2 is 1.50 bits per heavy atom. The van der Waals surface area contributed by atoms with Gasteiger partial charge < -0.3 is 10.2 Å². The van der Waals surface area contributed by atoms with Gasteiger partial charge in [0, 0.05) is 39.0 Å². The summed E-state index contributed by atoms with van der Waals surface area (Å²) in [7, 11) is -3.56. The third-order valence-corrected chi connectivity index (χ3v) is 8.12. The second-order valence-corrected chi connectivity index (χ2v) is 10.4. The van der Waals surface area contributed by atoms with E-state index in [1.165, 1.54) is 4.31 Å². The molecule has 178 valence electrons. The van der Waals surface area contributed by atoms with Crippen molar-refractivity contribution in [3.05, 3.63) is 78.4 Å². The van der Waals surface area contributed by atoms with Gasteiger partial charge in [0.15, 0.2) is 0 Å². The van der Waals surface area contributed by atoms with Crippen molar-refractivity contribution in [2.75, 3.05) is 26.2 Å². The minimum atomic E-state index is -3.56. The van der Waals surface area contributed by atoms with E-state index in [1.54, 1.807) is 35.2 Å². The zero-order valence-corrected chi connectivity index (χ0v) is 20.0. The smallest absolute Gasteiger partial charge is 0.243 e. The average Bonchev–Trinajstić information content (AvgIpc) is 2.87. The van der Waals surface area contributed by atoms with E-state index in [0.29, 0.717) is 13.1 Å². The topological polar surface area (TPSA) is 86.8 Å². The lowest BCUT2D eigenvalue weighted by molar-refractivity contribution is -0.134. The van der Waals surface area contributed by atoms with Crippen LogP contribution in [0.1, 0.15) is 31.4 Å². The van der Waals surface area contributed by atoms with Crippen molar-refractivity contribution in [3.8, 4) is 0 Å². The molecule has 0 saturated carbocycles. The summed E-state index contributed by atoms with van der Waals surface area (Å²) in [5.74, 6) is -0.316. The molecule has 0 spiro atoms. The molecule has 3 aromatic carbocycles. The molecule has 1 atom stereocenters. The number of carbonyl (C=O) groups excluding carboxylic acids is 2. The summed E-state index contributed by atoms with van der Waals surface area (Å²) in [6.45, 7) is 3.06. The summed E-state index contributed by atoms with van der Waals surface area (Å²) >= 11 is 0. The van der Waals surface area contributed by atoms with Crippen LogP contribution in [-0.2, 0) is 19.6 Å². The molecule has 0 radical (unpaired) electrons. The normalized spacial score (nSPS) is 15.7. The van der Waals surface area contributed by atoms with Gasteiger partial charge in [-0.3, -0.25) is 9.59 Å². The molecule has 0 aromatic heterocycles. The Kier molecular flexibility index (Phi) is 7.29. The first-order valence-electron chi connectivity index (χ1n) is 11.5. The Bertz CT molecular complexity index is 1260. The van der Waals surface area contributed by atoms with Crippen molar-refractivity contribution in [1.82, 2.24) is 14.5 Å². The van der Waals surface area contributed by atoms with Gasteiger partial charge in [-0.05, 0) is 35.4 Å². The highest BCUT2D eigenvalue weighted by atomic mass is 32.2. The Hall–Kier alpha value is -3.23. The summed E-state index contributed by atoms with van der Waals surface area (Å²) < 4.78 is 26.9. The molecule has 2 amide bonds. The predicted molar refractivity (Wildman–Crippen MR) is 132 cm³/mol. The van der Waals surface area contributed by atoms with E-state index in [4.69, 9.17) is 0 Å². The summed E-state index contributed by atoms with van der Waals surface area (Å²) in [6.07, 6.45) is 0.190. The summed E-state index contributed by atoms with van der Waals surface area (Å²) in [5.41, 5.74) is 1.04. The monoisotopic (exact) mass is 479 g/mol. The van der Waals surface area contributed by atoms with Crippen LogP contribution in [0.15, 0.2) is 77.7 Å². The van der Waals surface area contributed by atoms with Crippen LogP contribution in [0.25, 0.3) is 10.8 Å². The van der Waals surface area contributed by atoms with E-state index in [1.807, 2.05) is 49.4 Å². The highest BCUT2D eigenvalue weighted by Crippen LogP contribution is 2.24. The van der Waals surface area contributed by atoms with Crippen molar-refractivity contribution in [2.24, 2.45) is 0 Å². The Labute approximate surface area is 200 Å². The van der Waals surface area contributed by atoms with Crippen molar-refractivity contribution in [1.29, 1.82) is 0 Å². The number of carbonyl (C=O) groups is 2. The molecule has 0 bridgehead atoms. The second kappa shape index (κ2) is 10.4. The largest absolute Gasteiger partial charge is 0.350 e. The van der Waals surface area contributed by atoms with Crippen LogP contribution in [-0.4, -0.2) is 55.6 Å². The molecule has 4 rings (SSSR count). The van der Waals surface area contributed by atoms with E-state index >= 15 is 0 Å². The molecule has 1 N–H and O–H groups in total. The highest BCUT2D eigenvalue weighted by Gasteiger charge is 2.30. The molecule has 8 heteroatoms. The van der Waals surface area contributed by atoms with Crippen LogP contribution in [0.4, 0.5) is 0 Å². The van der Waals surface area contributed by atoms with Crippen LogP contribution in [0.5, 0.6) is 0 Å². The van der Waals surface area contributed by atoms with Gasteiger partial charge in [-0.25, -0.2) is 8.42 Å². The maximum absolute atomic E-state index is 12.7. The maximum Gasteiger partial charge on any atom is 0.243 e. The number of hydrogen-bond donors (Lipinski definition) is 1. The lowest BCUT2D eigenvalue weighted by Crippen LogP contribution is -2.50. The van der Waals surface area contributed by atoms with Gasteiger partial charge in [0.1, 0.15) is 0 Å². The van der Waals surface area contributed by atoms with Gasteiger partial charge in [-0.1, -0.05) is 60.7 Å². The molecule has 1 unspecified atom stereocenters. The number of amides is 2. The molecule has 3 aromatic rings. The van der Waals surface area contributed by atoms with Crippen molar-refractivity contribution in [2.45, 2.75) is 30.7 Å². The summed E-state index contributed by atoms with van der Waals surface area (Å²) in [5, 5.41) is 5.20. The second-order valence-electron chi connectivity index (χ2n) is 8.46. The summed E-state index contributed by atoms with van der Waals surface area (Å²) in [4.78, 5) is 27.1. The number of benzene rings is 3. The van der Waals surface area contributed by atoms with Crippen molar-refractivity contribution in [3.63, 3.8) is 0 Å². The minimum Gasteiger partial charge on any atom is -0.350 e. The zero-order chi connectivity index (χ0) is 24.1. The fourth-order valence-corrected chi connectivity index (χ4v) is 5.76. The number of nitrogens with zero attached hydrogens (tertiary/aromatic N) is 2. The highest BCUT2D eigenvalue weighted by molar-refractivity contribution is 7.89. The fourth-order valence-electron chi connectivity index (χ4n) is 4.32. The van der Waals surface area contributed by atoms with Crippen LogP contribution in [0, 0.1) is 0 Å². The number of piperazine rings is 1. The first kappa shape index (κ1) is 23.9. The number of sulfonamides is 1. The lowest BCUT2D eigenvalue weighted by atomic mass is 9.99. The first-order valence-corrected chi connectivity index (χ1v) is 12.9. The molecule has 1 aliphatic heterocycles. The molecule has 1 heterocycles. The van der Waals surface area contributed by atoms with E-state index in [2.05, 4.69) is 5.32 Å². The van der Waals surface area contributed by atoms with Crippen molar-refractivity contribution < 1.29 is 18.0 Å². The third kappa shape index (κ3) is 5.29. The number of hydrogen-bond acceptors (Lipinski definition) is 4. The van der Waals surface area contributed by atoms with Gasteiger partial charge in [0.05, 0.1) is 10.9 Å². The molecule has 1 saturated heterocycles. The number of nitrogens with one attached hydrogen (secondary N) is 1. The molecular formula is C26H29N3O4S. The van der Waals surface area contributed by atoms with Gasteiger partial charge >= 0.3 is 0 Å². The van der Waals surface area contributed by atoms with E-state index in [-0.39, 0.29) is 48.7 Å². The van der Waals surface area contributed by atoms with E-state index in [9.17, 15) is 18.0 Å². The van der Waals surface area contributed by atoms with Gasteiger partial charge in [-0.2, -0.15) is 4.31 Å². The molecule has 0 aliphatic carbocycles. The molecule has 7 nitrogen and oxygen atoms in total. The molecular weight excluding hydrogens is 450 g/mol. The van der Waals surface area contributed by atoms with Crippen LogP contribution >= 0.6 is 0 Å². The quantitative estimate of drug-likeness (QED) is 0.563. The Morgan fingerprint density at radius 3 is 2.24 bits per heavy atom. The number of rotatable bonds is 7. The van der Waals surface area contributed by atoms with E-state index < -0.39 is 10.0 Å². The maximum atomic E-state index is 12.7. The van der Waals surface area contributed by atoms with Gasteiger partial charge in [-0.15, -0.1) is 0 Å². The predicted octanol–water partition coefficient (Wildman–Crippen LogP) is 3.33. The Balaban J connectivity index is 1.27. The van der Waals surface area contributed by atoms with Crippen molar-refractivity contribution >= 4 is 32.6 Å². The average molecular weight is 480 g/mol. The summed E-state index contributed by atoms with van der Waals surface area (Å²) in [6, 6.07) is 22.2. The molecule has 1 fully saturated rings.